The Morgan fingerprint density at radius 2 is 1.61 bits per heavy atom. The lowest BCUT2D eigenvalue weighted by Crippen LogP contribution is -2.39. The third kappa shape index (κ3) is 7.00. The molecule has 1 aromatic heterocycles. The zero-order valence-electron chi connectivity index (χ0n) is 21.8. The molecule has 1 fully saturated rings. The first kappa shape index (κ1) is 26.4. The molecule has 3 aromatic rings. The number of para-hydroxylation sites is 1. The number of benzene rings is 2. The van der Waals surface area contributed by atoms with Crippen LogP contribution < -0.4 is 4.90 Å². The lowest BCUT2D eigenvalue weighted by Gasteiger charge is -2.32. The van der Waals surface area contributed by atoms with Crippen LogP contribution in [0.25, 0.3) is 0 Å². The van der Waals surface area contributed by atoms with E-state index < -0.39 is 0 Å². The second-order valence-corrected chi connectivity index (χ2v) is 10.8. The predicted octanol–water partition coefficient (Wildman–Crippen LogP) is 5.35. The Morgan fingerprint density at radius 1 is 0.868 bits per heavy atom. The fraction of sp³-hybridized carbons (Fsp3) is 0.387. The Balaban J connectivity index is 1.40. The maximum Gasteiger partial charge on any atom is 0.230 e. The monoisotopic (exact) mass is 530 g/mol. The third-order valence-electron chi connectivity index (χ3n) is 7.33. The Morgan fingerprint density at radius 3 is 2.34 bits per heavy atom. The first-order valence-electron chi connectivity index (χ1n) is 13.6. The van der Waals surface area contributed by atoms with Gasteiger partial charge >= 0.3 is 0 Å². The second-order valence-electron chi connectivity index (χ2n) is 10.3. The van der Waals surface area contributed by atoms with Crippen molar-refractivity contribution < 1.29 is 9.59 Å². The van der Waals surface area contributed by atoms with Crippen molar-refractivity contribution in [2.75, 3.05) is 31.1 Å². The fourth-order valence-electron chi connectivity index (χ4n) is 5.13. The third-order valence-corrected chi connectivity index (χ3v) is 7.58. The highest BCUT2D eigenvalue weighted by Gasteiger charge is 2.35. The van der Waals surface area contributed by atoms with Gasteiger partial charge in [0.2, 0.25) is 11.8 Å². The van der Waals surface area contributed by atoms with E-state index in [1.54, 1.807) is 6.20 Å². The van der Waals surface area contributed by atoms with E-state index in [-0.39, 0.29) is 24.2 Å². The van der Waals surface area contributed by atoms with Crippen molar-refractivity contribution in [3.05, 3.63) is 94.8 Å². The van der Waals surface area contributed by atoms with Gasteiger partial charge in [-0.1, -0.05) is 48.0 Å². The number of pyridine rings is 1. The van der Waals surface area contributed by atoms with Crippen LogP contribution in [0.5, 0.6) is 0 Å². The maximum absolute atomic E-state index is 13.5. The Hall–Kier alpha value is -3.22. The first-order chi connectivity index (χ1) is 18.6. The van der Waals surface area contributed by atoms with Crippen LogP contribution in [0.1, 0.15) is 42.5 Å². The number of fused-ring (bicyclic) bond motifs is 1. The van der Waals surface area contributed by atoms with Gasteiger partial charge in [-0.2, -0.15) is 0 Å². The zero-order valence-corrected chi connectivity index (χ0v) is 22.5. The molecule has 198 valence electrons. The van der Waals surface area contributed by atoms with Gasteiger partial charge in [-0.15, -0.1) is 0 Å². The number of hydrogen-bond acceptors (Lipinski definition) is 4. The van der Waals surface area contributed by atoms with Crippen LogP contribution in [0, 0.1) is 5.92 Å². The molecule has 0 bridgehead atoms. The molecule has 0 unspecified atom stereocenters. The number of anilines is 1. The van der Waals surface area contributed by atoms with Gasteiger partial charge < -0.3 is 9.80 Å². The average Bonchev–Trinajstić information content (AvgIpc) is 3.77. The number of nitrogens with zero attached hydrogens (tertiary/aromatic N) is 4. The molecule has 1 aliphatic carbocycles. The summed E-state index contributed by atoms with van der Waals surface area (Å²) in [6.45, 7) is 4.36. The van der Waals surface area contributed by atoms with E-state index in [2.05, 4.69) is 28.1 Å². The highest BCUT2D eigenvalue weighted by molar-refractivity contribution is 6.30. The number of aromatic nitrogens is 1. The summed E-state index contributed by atoms with van der Waals surface area (Å²) in [5, 5.41) is 0.734. The molecule has 0 radical (unpaired) electrons. The average molecular weight is 531 g/mol. The Labute approximate surface area is 230 Å². The molecule has 0 spiro atoms. The second kappa shape index (κ2) is 12.5. The molecule has 1 saturated carbocycles. The summed E-state index contributed by atoms with van der Waals surface area (Å²) < 4.78 is 0. The van der Waals surface area contributed by atoms with Gasteiger partial charge in [0.15, 0.2) is 0 Å². The summed E-state index contributed by atoms with van der Waals surface area (Å²) in [4.78, 5) is 37.6. The van der Waals surface area contributed by atoms with Crippen LogP contribution in [-0.4, -0.2) is 52.8 Å². The van der Waals surface area contributed by atoms with E-state index in [4.69, 9.17) is 11.6 Å². The van der Waals surface area contributed by atoms with Gasteiger partial charge in [0.1, 0.15) is 0 Å². The molecule has 2 amide bonds. The summed E-state index contributed by atoms with van der Waals surface area (Å²) in [5.41, 5.74) is 3.94. The molecule has 1 aliphatic heterocycles. The fourth-order valence-corrected chi connectivity index (χ4v) is 5.26. The zero-order chi connectivity index (χ0) is 26.3. The van der Waals surface area contributed by atoms with Crippen LogP contribution >= 0.6 is 11.6 Å². The molecule has 5 rings (SSSR count). The minimum absolute atomic E-state index is 0.0554. The van der Waals surface area contributed by atoms with Gasteiger partial charge in [0.05, 0.1) is 6.42 Å². The molecule has 0 saturated heterocycles. The van der Waals surface area contributed by atoms with E-state index in [9.17, 15) is 9.59 Å². The minimum atomic E-state index is 0.0554. The lowest BCUT2D eigenvalue weighted by atomic mass is 10.1. The Kier molecular flexibility index (Phi) is 8.72. The predicted molar refractivity (Wildman–Crippen MR) is 151 cm³/mol. The van der Waals surface area contributed by atoms with E-state index >= 15 is 0 Å². The normalized spacial score (nSPS) is 17.3. The van der Waals surface area contributed by atoms with Gasteiger partial charge in [-0.25, -0.2) is 0 Å². The van der Waals surface area contributed by atoms with Crippen molar-refractivity contribution in [2.24, 2.45) is 5.92 Å². The summed E-state index contributed by atoms with van der Waals surface area (Å²) in [6, 6.07) is 21.8. The van der Waals surface area contributed by atoms with Gasteiger partial charge in [-0.05, 0) is 67.1 Å². The van der Waals surface area contributed by atoms with Crippen molar-refractivity contribution in [3.8, 4) is 0 Å². The van der Waals surface area contributed by atoms with Crippen LogP contribution in [0.3, 0.4) is 0 Å². The number of amides is 2. The van der Waals surface area contributed by atoms with Gasteiger partial charge in [0.25, 0.3) is 0 Å². The van der Waals surface area contributed by atoms with Crippen molar-refractivity contribution >= 4 is 29.1 Å². The summed E-state index contributed by atoms with van der Waals surface area (Å²) in [7, 11) is 0. The van der Waals surface area contributed by atoms with E-state index in [1.807, 2.05) is 58.3 Å². The van der Waals surface area contributed by atoms with Crippen molar-refractivity contribution in [1.82, 2.24) is 14.8 Å². The van der Waals surface area contributed by atoms with E-state index in [0.717, 1.165) is 67.3 Å². The largest absolute Gasteiger partial charge is 0.338 e. The summed E-state index contributed by atoms with van der Waals surface area (Å²) in [6.07, 6.45) is 5.69. The number of carbonyl (C=O) groups is 2. The highest BCUT2D eigenvalue weighted by Crippen LogP contribution is 2.34. The Bertz CT molecular complexity index is 1230. The quantitative estimate of drug-likeness (QED) is 0.446. The molecular formula is C31H35ClN4O2. The van der Waals surface area contributed by atoms with E-state index in [0.29, 0.717) is 19.6 Å². The molecule has 2 aromatic carbocycles. The maximum atomic E-state index is 13.5. The molecular weight excluding hydrogens is 496 g/mol. The van der Waals surface area contributed by atoms with Gasteiger partial charge in [0, 0.05) is 67.8 Å². The number of rotatable bonds is 5. The minimum Gasteiger partial charge on any atom is -0.338 e. The summed E-state index contributed by atoms with van der Waals surface area (Å²) >= 11 is 6.10. The molecule has 38 heavy (non-hydrogen) atoms. The van der Waals surface area contributed by atoms with E-state index in [1.165, 1.54) is 5.56 Å². The smallest absolute Gasteiger partial charge is 0.230 e. The number of carbonyl (C=O) groups excluding carboxylic acids is 2. The first-order valence-corrected chi connectivity index (χ1v) is 14.0. The van der Waals surface area contributed by atoms with Crippen molar-refractivity contribution in [1.29, 1.82) is 0 Å². The summed E-state index contributed by atoms with van der Waals surface area (Å²) in [5.74, 6) is 0.396. The molecule has 7 heteroatoms. The van der Waals surface area contributed by atoms with Crippen LogP contribution in [0.2, 0.25) is 5.02 Å². The van der Waals surface area contributed by atoms with Crippen LogP contribution in [0.15, 0.2) is 72.9 Å². The lowest BCUT2D eigenvalue weighted by molar-refractivity contribution is -0.131. The van der Waals surface area contributed by atoms with Crippen molar-refractivity contribution in [3.63, 3.8) is 0 Å². The number of halogens is 1. The standard InChI is InChI=1S/C31H35ClN4O2/c32-27-14-10-24(11-15-27)22-34-17-5-19-35(30(37)21-28-8-3-4-16-33-28)23-26-7-1-2-9-29(26)36(20-6-18-34)31(38)25-12-13-25/h1-4,7-11,14-16,25H,5-6,12-13,17-23H2. The number of hydrogen-bond donors (Lipinski definition) is 0. The molecule has 0 N–H and O–H groups in total. The molecule has 2 aliphatic rings. The van der Waals surface area contributed by atoms with Crippen LogP contribution in [0.4, 0.5) is 5.69 Å². The topological polar surface area (TPSA) is 56.8 Å². The molecule has 6 nitrogen and oxygen atoms in total. The van der Waals surface area contributed by atoms with Crippen LogP contribution in [-0.2, 0) is 29.1 Å². The molecule has 2 heterocycles. The van der Waals surface area contributed by atoms with Gasteiger partial charge in [-0.3, -0.25) is 19.5 Å². The van der Waals surface area contributed by atoms with Crippen molar-refractivity contribution in [2.45, 2.75) is 45.2 Å². The molecule has 0 atom stereocenters. The highest BCUT2D eigenvalue weighted by atomic mass is 35.5. The SMILES string of the molecule is O=C(Cc1ccccn1)N1CCCN(Cc2ccc(Cl)cc2)CCCN(C(=O)C2CC2)c2ccccc2C1.